The number of pyridine rings is 1. The van der Waals surface area contributed by atoms with E-state index in [0.717, 1.165) is 0 Å². The maximum absolute atomic E-state index is 13.6. The molecule has 3 aromatic rings. The molecule has 32 heavy (non-hydrogen) atoms. The third kappa shape index (κ3) is 3.68. The van der Waals surface area contributed by atoms with Crippen molar-refractivity contribution >= 4 is 0 Å². The lowest BCUT2D eigenvalue weighted by atomic mass is 9.80. The number of aromatic hydroxyl groups is 1. The lowest BCUT2D eigenvalue weighted by molar-refractivity contribution is 0.0262. The Morgan fingerprint density at radius 3 is 2.12 bits per heavy atom. The molecule has 2 N–H and O–H groups in total. The third-order valence-corrected chi connectivity index (χ3v) is 5.67. The Morgan fingerprint density at radius 1 is 1.09 bits per heavy atom. The summed E-state index contributed by atoms with van der Waals surface area (Å²) in [6, 6.07) is 11.6. The zero-order valence-corrected chi connectivity index (χ0v) is 17.8. The van der Waals surface area contributed by atoms with Gasteiger partial charge in [-0.05, 0) is 55.1 Å². The number of aromatic nitrogens is 1. The van der Waals surface area contributed by atoms with Crippen molar-refractivity contribution in [1.29, 1.82) is 0 Å². The van der Waals surface area contributed by atoms with Crippen LogP contribution in [0.4, 0.5) is 8.78 Å². The van der Waals surface area contributed by atoms with Gasteiger partial charge in [0.05, 0.1) is 6.61 Å². The molecule has 0 spiro atoms. The Bertz CT molecular complexity index is 1100. The molecule has 2 aromatic carbocycles. The molecular formula is C25H24F2N2O3. The molecule has 1 aliphatic rings. The normalized spacial score (nSPS) is 15.6. The van der Waals surface area contributed by atoms with E-state index in [1.807, 2.05) is 19.0 Å². The summed E-state index contributed by atoms with van der Waals surface area (Å²) in [5.41, 5.74) is 1.58. The Balaban J connectivity index is 1.86. The fourth-order valence-corrected chi connectivity index (χ4v) is 4.16. The van der Waals surface area contributed by atoms with Gasteiger partial charge in [-0.15, -0.1) is 0 Å². The van der Waals surface area contributed by atoms with Crippen LogP contribution in [0.25, 0.3) is 0 Å². The molecule has 0 fully saturated rings. The number of hydrogen-bond acceptors (Lipinski definition) is 5. The number of hydrogen-bond donors (Lipinski definition) is 2. The van der Waals surface area contributed by atoms with Crippen molar-refractivity contribution in [2.75, 3.05) is 20.6 Å². The van der Waals surface area contributed by atoms with E-state index in [1.54, 1.807) is 24.3 Å². The molecule has 0 radical (unpaired) electrons. The molecule has 166 valence electrons. The minimum absolute atomic E-state index is 0.0261. The highest BCUT2D eigenvalue weighted by molar-refractivity contribution is 5.56. The Hall–Kier alpha value is -3.13. The van der Waals surface area contributed by atoms with Gasteiger partial charge < -0.3 is 19.8 Å². The summed E-state index contributed by atoms with van der Waals surface area (Å²) in [7, 11) is 3.70. The van der Waals surface area contributed by atoms with Crippen LogP contribution in [0.2, 0.25) is 0 Å². The number of likely N-dealkylation sites (N-methyl/N-ethyl adjacent to an activating group) is 1. The summed E-state index contributed by atoms with van der Waals surface area (Å²) in [5, 5.41) is 21.7. The van der Waals surface area contributed by atoms with Gasteiger partial charge in [-0.3, -0.25) is 4.98 Å². The Kier molecular flexibility index (Phi) is 5.81. The van der Waals surface area contributed by atoms with Crippen molar-refractivity contribution in [3.8, 4) is 5.75 Å². The third-order valence-electron chi connectivity index (χ3n) is 5.67. The molecule has 0 amide bonds. The van der Waals surface area contributed by atoms with Gasteiger partial charge in [0, 0.05) is 23.9 Å². The molecule has 2 heterocycles. The maximum atomic E-state index is 13.6. The van der Waals surface area contributed by atoms with Crippen LogP contribution in [-0.2, 0) is 16.9 Å². The highest BCUT2D eigenvalue weighted by Crippen LogP contribution is 2.50. The van der Waals surface area contributed by atoms with E-state index in [0.29, 0.717) is 34.4 Å². The summed E-state index contributed by atoms with van der Waals surface area (Å²) in [6.07, 6.45) is 0.380. The standard InChI is InChI=1S/C25H24F2N2O3/c1-15(13-29(2)3)23(30)22-24(31)20-14-32-25(21(20)12-28-22,16-4-8-18(26)9-5-16)17-6-10-19(27)11-7-17/h4-12,23,30-31H,1,13-14H2,2-3H3. The van der Waals surface area contributed by atoms with Gasteiger partial charge in [-0.25, -0.2) is 8.78 Å². The van der Waals surface area contributed by atoms with Crippen LogP contribution < -0.4 is 0 Å². The summed E-state index contributed by atoms with van der Waals surface area (Å²) in [6.45, 7) is 4.35. The predicted molar refractivity (Wildman–Crippen MR) is 116 cm³/mol. The molecule has 5 nitrogen and oxygen atoms in total. The van der Waals surface area contributed by atoms with Crippen LogP contribution >= 0.6 is 0 Å². The summed E-state index contributed by atoms with van der Waals surface area (Å²) < 4.78 is 33.5. The molecule has 0 bridgehead atoms. The van der Waals surface area contributed by atoms with Crippen molar-refractivity contribution in [1.82, 2.24) is 9.88 Å². The van der Waals surface area contributed by atoms with Crippen molar-refractivity contribution in [3.63, 3.8) is 0 Å². The van der Waals surface area contributed by atoms with E-state index in [9.17, 15) is 19.0 Å². The minimum Gasteiger partial charge on any atom is -0.506 e. The number of fused-ring (bicyclic) bond motifs is 1. The quantitative estimate of drug-likeness (QED) is 0.569. The van der Waals surface area contributed by atoms with Gasteiger partial charge in [-0.2, -0.15) is 0 Å². The Morgan fingerprint density at radius 2 is 1.62 bits per heavy atom. The number of ether oxygens (including phenoxy) is 1. The molecule has 0 aliphatic carbocycles. The molecule has 0 saturated heterocycles. The van der Waals surface area contributed by atoms with E-state index in [-0.39, 0.29) is 18.1 Å². The zero-order valence-electron chi connectivity index (χ0n) is 17.8. The van der Waals surface area contributed by atoms with Gasteiger partial charge in [0.25, 0.3) is 0 Å². The molecular weight excluding hydrogens is 414 g/mol. The average molecular weight is 438 g/mol. The minimum atomic E-state index is -1.22. The number of nitrogens with zero attached hydrogens (tertiary/aromatic N) is 2. The Labute approximate surface area is 185 Å². The number of aliphatic hydroxyl groups is 1. The number of aliphatic hydroxyl groups excluding tert-OH is 1. The van der Waals surface area contributed by atoms with E-state index in [1.165, 1.54) is 30.5 Å². The predicted octanol–water partition coefficient (Wildman–Crippen LogP) is 4.04. The molecule has 1 atom stereocenters. The van der Waals surface area contributed by atoms with Crippen LogP contribution in [0.5, 0.6) is 5.75 Å². The van der Waals surface area contributed by atoms with Gasteiger partial charge >= 0.3 is 0 Å². The van der Waals surface area contributed by atoms with Crippen LogP contribution in [-0.4, -0.2) is 40.7 Å². The molecule has 4 rings (SSSR count). The van der Waals surface area contributed by atoms with Crippen molar-refractivity contribution in [2.45, 2.75) is 18.3 Å². The summed E-state index contributed by atoms with van der Waals surface area (Å²) in [5.74, 6) is -0.985. The van der Waals surface area contributed by atoms with Gasteiger partial charge in [0.1, 0.15) is 34.8 Å². The average Bonchev–Trinajstić information content (AvgIpc) is 3.15. The SMILES string of the molecule is C=C(CN(C)C)C(O)c1ncc2c(c1O)COC2(c1ccc(F)cc1)c1ccc(F)cc1. The van der Waals surface area contributed by atoms with E-state index in [2.05, 4.69) is 11.6 Å². The summed E-state index contributed by atoms with van der Waals surface area (Å²) >= 11 is 0. The zero-order chi connectivity index (χ0) is 23.0. The highest BCUT2D eigenvalue weighted by atomic mass is 19.1. The number of benzene rings is 2. The largest absolute Gasteiger partial charge is 0.506 e. The van der Waals surface area contributed by atoms with Crippen molar-refractivity contribution in [2.24, 2.45) is 0 Å². The van der Waals surface area contributed by atoms with Gasteiger partial charge in [0.15, 0.2) is 0 Å². The summed E-state index contributed by atoms with van der Waals surface area (Å²) in [4.78, 5) is 6.21. The molecule has 1 aliphatic heterocycles. The molecule has 7 heteroatoms. The lowest BCUT2D eigenvalue weighted by Gasteiger charge is -2.31. The highest BCUT2D eigenvalue weighted by Gasteiger charge is 2.46. The van der Waals surface area contributed by atoms with Crippen LogP contribution in [0.1, 0.15) is 34.1 Å². The van der Waals surface area contributed by atoms with E-state index in [4.69, 9.17) is 4.74 Å². The first-order valence-electron chi connectivity index (χ1n) is 10.1. The van der Waals surface area contributed by atoms with Gasteiger partial charge in [-0.1, -0.05) is 30.8 Å². The first kappa shape index (κ1) is 22.1. The van der Waals surface area contributed by atoms with E-state index < -0.39 is 23.3 Å². The lowest BCUT2D eigenvalue weighted by Crippen LogP contribution is -2.29. The van der Waals surface area contributed by atoms with Crippen molar-refractivity contribution in [3.05, 3.63) is 106 Å². The van der Waals surface area contributed by atoms with Crippen LogP contribution in [0, 0.1) is 11.6 Å². The smallest absolute Gasteiger partial charge is 0.146 e. The second-order valence-electron chi connectivity index (χ2n) is 8.17. The first-order valence-corrected chi connectivity index (χ1v) is 10.1. The first-order chi connectivity index (χ1) is 15.2. The van der Waals surface area contributed by atoms with Crippen LogP contribution in [0.3, 0.4) is 0 Å². The fraction of sp³-hybridized carbons (Fsp3) is 0.240. The number of rotatable bonds is 6. The monoisotopic (exact) mass is 438 g/mol. The second kappa shape index (κ2) is 8.43. The van der Waals surface area contributed by atoms with Crippen LogP contribution in [0.15, 0.2) is 66.9 Å². The van der Waals surface area contributed by atoms with E-state index >= 15 is 0 Å². The molecule has 1 aromatic heterocycles. The topological polar surface area (TPSA) is 65.8 Å². The molecule has 1 unspecified atom stereocenters. The molecule has 0 saturated carbocycles. The maximum Gasteiger partial charge on any atom is 0.146 e. The second-order valence-corrected chi connectivity index (χ2v) is 8.17. The fourth-order valence-electron chi connectivity index (χ4n) is 4.16. The number of halogens is 2. The van der Waals surface area contributed by atoms with Crippen molar-refractivity contribution < 1.29 is 23.7 Å². The van der Waals surface area contributed by atoms with Gasteiger partial charge in [0.2, 0.25) is 0 Å².